The predicted molar refractivity (Wildman–Crippen MR) is 100 cm³/mol. The summed E-state index contributed by atoms with van der Waals surface area (Å²) in [7, 11) is -5.79. The SMILES string of the molecule is Cc1c(C(F)(F)F)c(-c2ccccc2)c(S(=O)(=O)[O-])c(-c2ccccc2)c1C(F)(F)F. The number of benzene rings is 3. The fourth-order valence-electron chi connectivity index (χ4n) is 3.57. The Morgan fingerprint density at radius 2 is 1.00 bits per heavy atom. The second-order valence-electron chi connectivity index (χ2n) is 6.64. The van der Waals surface area contributed by atoms with Gasteiger partial charge in [0.1, 0.15) is 10.1 Å². The van der Waals surface area contributed by atoms with Crippen LogP contribution in [0.1, 0.15) is 16.7 Å². The Kier molecular flexibility index (Phi) is 5.66. The summed E-state index contributed by atoms with van der Waals surface area (Å²) < 4.78 is 121. The summed E-state index contributed by atoms with van der Waals surface area (Å²) in [4.78, 5) is -1.56. The summed E-state index contributed by atoms with van der Waals surface area (Å²) in [5.41, 5.74) is -7.76. The third kappa shape index (κ3) is 4.31. The first kappa shape index (κ1) is 22.8. The molecule has 31 heavy (non-hydrogen) atoms. The van der Waals surface area contributed by atoms with Crippen LogP contribution in [-0.2, 0) is 22.5 Å². The van der Waals surface area contributed by atoms with Crippen LogP contribution in [0.3, 0.4) is 0 Å². The predicted octanol–water partition coefficient (Wildman–Crippen LogP) is 6.27. The number of rotatable bonds is 3. The molecular weight excluding hydrogens is 446 g/mol. The zero-order chi connectivity index (χ0) is 23.2. The number of hydrogen-bond donors (Lipinski definition) is 0. The van der Waals surface area contributed by atoms with Crippen molar-refractivity contribution in [2.24, 2.45) is 0 Å². The van der Waals surface area contributed by atoms with E-state index in [4.69, 9.17) is 0 Å². The Morgan fingerprint density at radius 3 is 1.26 bits per heavy atom. The summed E-state index contributed by atoms with van der Waals surface area (Å²) in [5, 5.41) is 0. The van der Waals surface area contributed by atoms with E-state index < -0.39 is 55.2 Å². The van der Waals surface area contributed by atoms with Gasteiger partial charge in [-0.15, -0.1) is 0 Å². The largest absolute Gasteiger partial charge is 0.744 e. The first-order valence-electron chi connectivity index (χ1n) is 8.66. The molecule has 3 aromatic carbocycles. The zero-order valence-corrected chi connectivity index (χ0v) is 16.5. The highest BCUT2D eigenvalue weighted by Gasteiger charge is 2.46. The van der Waals surface area contributed by atoms with E-state index in [1.54, 1.807) is 0 Å². The molecule has 0 aliphatic rings. The lowest BCUT2D eigenvalue weighted by Gasteiger charge is -2.28. The van der Waals surface area contributed by atoms with Crippen LogP contribution < -0.4 is 0 Å². The fraction of sp³-hybridized carbons (Fsp3) is 0.143. The third-order valence-electron chi connectivity index (χ3n) is 4.65. The van der Waals surface area contributed by atoms with Gasteiger partial charge in [0.15, 0.2) is 0 Å². The monoisotopic (exact) mass is 459 g/mol. The zero-order valence-electron chi connectivity index (χ0n) is 15.7. The van der Waals surface area contributed by atoms with Crippen LogP contribution in [0, 0.1) is 6.92 Å². The number of alkyl halides is 6. The number of hydrogen-bond acceptors (Lipinski definition) is 3. The Morgan fingerprint density at radius 1 is 0.677 bits per heavy atom. The highest BCUT2D eigenvalue weighted by molar-refractivity contribution is 7.86. The highest BCUT2D eigenvalue weighted by Crippen LogP contribution is 2.52. The normalized spacial score (nSPS) is 12.8. The second kappa shape index (κ2) is 7.69. The molecule has 0 heterocycles. The summed E-state index contributed by atoms with van der Waals surface area (Å²) in [6.45, 7) is 0.617. The molecule has 0 radical (unpaired) electrons. The lowest BCUT2D eigenvalue weighted by molar-refractivity contribution is -0.143. The molecule has 0 aliphatic heterocycles. The molecule has 10 heteroatoms. The molecule has 0 unspecified atom stereocenters. The van der Waals surface area contributed by atoms with E-state index in [2.05, 4.69) is 0 Å². The van der Waals surface area contributed by atoms with Gasteiger partial charge in [0, 0.05) is 11.1 Å². The molecule has 0 spiro atoms. The van der Waals surface area contributed by atoms with E-state index in [1.165, 1.54) is 36.4 Å². The van der Waals surface area contributed by atoms with Crippen LogP contribution >= 0.6 is 0 Å². The maximum absolute atomic E-state index is 14.0. The van der Waals surface area contributed by atoms with E-state index in [0.717, 1.165) is 24.3 Å². The third-order valence-corrected chi connectivity index (χ3v) is 5.55. The van der Waals surface area contributed by atoms with E-state index in [1.807, 2.05) is 0 Å². The van der Waals surface area contributed by atoms with Crippen LogP contribution in [-0.4, -0.2) is 13.0 Å². The van der Waals surface area contributed by atoms with Crippen molar-refractivity contribution >= 4 is 10.1 Å². The average Bonchev–Trinajstić information content (AvgIpc) is 2.65. The van der Waals surface area contributed by atoms with Crippen molar-refractivity contribution in [1.29, 1.82) is 0 Å². The molecule has 0 aromatic heterocycles. The van der Waals surface area contributed by atoms with Crippen molar-refractivity contribution in [2.45, 2.75) is 24.2 Å². The van der Waals surface area contributed by atoms with Gasteiger partial charge in [0.25, 0.3) is 0 Å². The van der Waals surface area contributed by atoms with Gasteiger partial charge in [-0.3, -0.25) is 0 Å². The van der Waals surface area contributed by atoms with Crippen molar-refractivity contribution in [2.75, 3.05) is 0 Å². The minimum absolute atomic E-state index is 0.349. The van der Waals surface area contributed by atoms with Crippen molar-refractivity contribution in [3.8, 4) is 22.3 Å². The first-order valence-corrected chi connectivity index (χ1v) is 10.1. The lowest BCUT2D eigenvalue weighted by atomic mass is 9.85. The molecule has 3 aromatic rings. The van der Waals surface area contributed by atoms with Gasteiger partial charge in [-0.2, -0.15) is 26.3 Å². The van der Waals surface area contributed by atoms with Gasteiger partial charge >= 0.3 is 12.4 Å². The van der Waals surface area contributed by atoms with Crippen molar-refractivity contribution in [3.63, 3.8) is 0 Å². The molecule has 0 N–H and O–H groups in total. The quantitative estimate of drug-likeness (QED) is 0.343. The number of halogens is 6. The topological polar surface area (TPSA) is 57.2 Å². The standard InChI is InChI=1S/C21H14F6O3S/c1-12-17(20(22,23)24)15(13-8-4-2-5-9-13)19(31(28,29)30)16(18(12)21(25,26)27)14-10-6-3-7-11-14/h2-11H,1H3,(H,28,29,30)/p-1. The van der Waals surface area contributed by atoms with Crippen LogP contribution in [0.25, 0.3) is 22.3 Å². The van der Waals surface area contributed by atoms with Crippen molar-refractivity contribution in [3.05, 3.63) is 77.4 Å². The minimum Gasteiger partial charge on any atom is -0.744 e. The van der Waals surface area contributed by atoms with Gasteiger partial charge in [-0.1, -0.05) is 60.7 Å². The van der Waals surface area contributed by atoms with Gasteiger partial charge < -0.3 is 4.55 Å². The van der Waals surface area contributed by atoms with E-state index >= 15 is 0 Å². The lowest BCUT2D eigenvalue weighted by Crippen LogP contribution is -2.21. The molecule has 3 nitrogen and oxygen atoms in total. The van der Waals surface area contributed by atoms with Gasteiger partial charge in [0.2, 0.25) is 0 Å². The molecule has 0 bridgehead atoms. The summed E-state index contributed by atoms with van der Waals surface area (Å²) in [6.07, 6.45) is -10.7. The van der Waals surface area contributed by atoms with Gasteiger partial charge in [-0.05, 0) is 23.6 Å². The molecule has 0 saturated heterocycles. The molecule has 0 amide bonds. The first-order chi connectivity index (χ1) is 14.2. The van der Waals surface area contributed by atoms with Crippen molar-refractivity contribution in [1.82, 2.24) is 0 Å². The maximum atomic E-state index is 14.0. The second-order valence-corrected chi connectivity index (χ2v) is 7.95. The molecule has 0 aliphatic carbocycles. The molecule has 0 atom stereocenters. The van der Waals surface area contributed by atoms with Crippen molar-refractivity contribution < 1.29 is 39.3 Å². The summed E-state index contributed by atoms with van der Waals surface area (Å²) in [5.74, 6) is 0. The summed E-state index contributed by atoms with van der Waals surface area (Å²) >= 11 is 0. The van der Waals surface area contributed by atoms with E-state index in [9.17, 15) is 39.3 Å². The average molecular weight is 459 g/mol. The van der Waals surface area contributed by atoms with Crippen LogP contribution in [0.4, 0.5) is 26.3 Å². The maximum Gasteiger partial charge on any atom is 0.417 e. The molecular formula is C21H13F6O3S-. The Hall–Kier alpha value is -2.85. The fourth-order valence-corrected chi connectivity index (χ4v) is 4.51. The summed E-state index contributed by atoms with van der Waals surface area (Å²) in [6, 6.07) is 12.4. The minimum atomic E-state index is -5.79. The molecule has 0 saturated carbocycles. The van der Waals surface area contributed by atoms with Crippen LogP contribution in [0.2, 0.25) is 0 Å². The Bertz CT molecular complexity index is 1140. The van der Waals surface area contributed by atoms with Gasteiger partial charge in [0.05, 0.1) is 16.0 Å². The highest BCUT2D eigenvalue weighted by atomic mass is 32.2. The Balaban J connectivity index is 2.75. The molecule has 164 valence electrons. The van der Waals surface area contributed by atoms with Gasteiger partial charge in [-0.25, -0.2) is 8.42 Å². The molecule has 3 rings (SSSR count). The van der Waals surface area contributed by atoms with E-state index in [-0.39, 0.29) is 11.1 Å². The van der Waals surface area contributed by atoms with Crippen LogP contribution in [0.5, 0.6) is 0 Å². The Labute approximate surface area is 173 Å². The van der Waals surface area contributed by atoms with Crippen LogP contribution in [0.15, 0.2) is 65.6 Å². The molecule has 0 fully saturated rings. The smallest absolute Gasteiger partial charge is 0.417 e. The van der Waals surface area contributed by atoms with E-state index in [0.29, 0.717) is 6.92 Å².